The van der Waals surface area contributed by atoms with Crippen LogP contribution in [0.3, 0.4) is 0 Å². The van der Waals surface area contributed by atoms with Gasteiger partial charge in [0.25, 0.3) is 0 Å². The highest BCUT2D eigenvalue weighted by atomic mass is 16.3. The molecule has 0 N–H and O–H groups in total. The Morgan fingerprint density at radius 3 is 2.82 bits per heavy atom. The molecule has 4 heteroatoms. The molecule has 1 unspecified atom stereocenters. The first-order valence-electron chi connectivity index (χ1n) is 7.74. The number of rotatable bonds is 4. The summed E-state index contributed by atoms with van der Waals surface area (Å²) >= 11 is 0. The van der Waals surface area contributed by atoms with Gasteiger partial charge in [-0.05, 0) is 31.4 Å². The van der Waals surface area contributed by atoms with Crippen molar-refractivity contribution in [3.63, 3.8) is 0 Å². The number of fused-ring (bicyclic) bond motifs is 1. The Labute approximate surface area is 128 Å². The maximum Gasteiger partial charge on any atom is 0.198 e. The molecular formula is C18H18O4. The van der Waals surface area contributed by atoms with Gasteiger partial charge in [-0.25, -0.2) is 0 Å². The topological polar surface area (TPSA) is 64.3 Å². The van der Waals surface area contributed by atoms with Gasteiger partial charge in [-0.15, -0.1) is 0 Å². The second kappa shape index (κ2) is 6.26. The van der Waals surface area contributed by atoms with Crippen molar-refractivity contribution < 1.29 is 14.0 Å². The van der Waals surface area contributed by atoms with Gasteiger partial charge >= 0.3 is 0 Å². The van der Waals surface area contributed by atoms with Crippen LogP contribution in [0.2, 0.25) is 0 Å². The first kappa shape index (κ1) is 14.7. The number of hydrogen-bond acceptors (Lipinski definition) is 4. The molecule has 3 rings (SSSR count). The van der Waals surface area contributed by atoms with Crippen LogP contribution in [0.5, 0.6) is 0 Å². The number of Topliss-reactive ketones (excluding diaryl/α,β-unsaturated/α-hetero) is 2. The predicted octanol–water partition coefficient (Wildman–Crippen LogP) is 3.52. The molecule has 1 atom stereocenters. The molecule has 2 aromatic rings. The Hall–Kier alpha value is -2.23. The number of hydrogen-bond donors (Lipinski definition) is 0. The summed E-state index contributed by atoms with van der Waals surface area (Å²) < 4.78 is 5.54. The van der Waals surface area contributed by atoms with E-state index in [0.717, 1.165) is 19.3 Å². The highest BCUT2D eigenvalue weighted by molar-refractivity contribution is 5.95. The van der Waals surface area contributed by atoms with Crippen molar-refractivity contribution in [3.05, 3.63) is 46.3 Å². The standard InChI is InChI=1S/C18H18O4/c19-14-7-3-1-5-12(14)9-10-15(20)18-11-16(21)13-6-2-4-8-17(13)22-18/h2,4,6,8,11-12H,1,3,5,7,9-10H2. The Morgan fingerprint density at radius 1 is 1.18 bits per heavy atom. The van der Waals surface area contributed by atoms with Gasteiger partial charge in [-0.1, -0.05) is 18.6 Å². The van der Waals surface area contributed by atoms with Crippen molar-refractivity contribution in [3.8, 4) is 0 Å². The summed E-state index contributed by atoms with van der Waals surface area (Å²) in [6.45, 7) is 0. The van der Waals surface area contributed by atoms with E-state index in [9.17, 15) is 14.4 Å². The van der Waals surface area contributed by atoms with Gasteiger partial charge in [-0.3, -0.25) is 14.4 Å². The number of ketones is 2. The van der Waals surface area contributed by atoms with Crippen LogP contribution in [0.1, 0.15) is 49.1 Å². The molecule has 0 aliphatic heterocycles. The monoisotopic (exact) mass is 298 g/mol. The minimum atomic E-state index is -0.209. The Balaban J connectivity index is 1.75. The summed E-state index contributed by atoms with van der Waals surface area (Å²) in [5.41, 5.74) is 0.214. The molecule has 0 amide bonds. The van der Waals surface area contributed by atoms with E-state index in [-0.39, 0.29) is 35.1 Å². The molecule has 1 saturated carbocycles. The Morgan fingerprint density at radius 2 is 2.00 bits per heavy atom. The van der Waals surface area contributed by atoms with E-state index < -0.39 is 0 Å². The highest BCUT2D eigenvalue weighted by Crippen LogP contribution is 2.25. The Bertz CT molecular complexity index is 772. The normalized spacial score (nSPS) is 18.5. The number of carbonyl (C=O) groups is 2. The highest BCUT2D eigenvalue weighted by Gasteiger charge is 2.23. The quantitative estimate of drug-likeness (QED) is 0.810. The molecule has 0 bridgehead atoms. The third-order valence-electron chi connectivity index (χ3n) is 4.31. The number of para-hydroxylation sites is 1. The summed E-state index contributed by atoms with van der Waals surface area (Å²) in [6.07, 6.45) is 4.31. The first-order chi connectivity index (χ1) is 10.6. The first-order valence-corrected chi connectivity index (χ1v) is 7.74. The zero-order valence-corrected chi connectivity index (χ0v) is 12.3. The predicted molar refractivity (Wildman–Crippen MR) is 83.0 cm³/mol. The van der Waals surface area contributed by atoms with Gasteiger partial charge in [0.1, 0.15) is 11.4 Å². The van der Waals surface area contributed by atoms with Crippen LogP contribution in [0, 0.1) is 5.92 Å². The lowest BCUT2D eigenvalue weighted by Crippen LogP contribution is -2.20. The van der Waals surface area contributed by atoms with Crippen LogP contribution in [-0.4, -0.2) is 11.6 Å². The maximum atomic E-state index is 12.2. The van der Waals surface area contributed by atoms with Gasteiger partial charge in [0.15, 0.2) is 17.0 Å². The molecule has 1 aromatic carbocycles. The van der Waals surface area contributed by atoms with E-state index in [1.807, 2.05) is 0 Å². The van der Waals surface area contributed by atoms with E-state index in [1.54, 1.807) is 24.3 Å². The molecule has 1 aliphatic rings. The van der Waals surface area contributed by atoms with Crippen molar-refractivity contribution in [1.82, 2.24) is 0 Å². The summed E-state index contributed by atoms with van der Waals surface area (Å²) in [5.74, 6) is 0.136. The summed E-state index contributed by atoms with van der Waals surface area (Å²) in [5, 5.41) is 0.474. The molecule has 114 valence electrons. The SMILES string of the molecule is O=C(CCC1CCCCC1=O)c1cc(=O)c2ccccc2o1. The van der Waals surface area contributed by atoms with E-state index >= 15 is 0 Å². The number of carbonyl (C=O) groups excluding carboxylic acids is 2. The van der Waals surface area contributed by atoms with Gasteiger partial charge < -0.3 is 4.42 Å². The van der Waals surface area contributed by atoms with Gasteiger partial charge in [0.05, 0.1) is 5.39 Å². The van der Waals surface area contributed by atoms with Gasteiger partial charge in [0.2, 0.25) is 0 Å². The van der Waals surface area contributed by atoms with Crippen molar-refractivity contribution in [1.29, 1.82) is 0 Å². The van der Waals surface area contributed by atoms with E-state index in [0.29, 0.717) is 23.8 Å². The van der Waals surface area contributed by atoms with Crippen LogP contribution in [-0.2, 0) is 4.79 Å². The molecule has 1 heterocycles. The average Bonchev–Trinajstić information content (AvgIpc) is 2.54. The fourth-order valence-electron chi connectivity index (χ4n) is 3.03. The van der Waals surface area contributed by atoms with Crippen molar-refractivity contribution in [2.75, 3.05) is 0 Å². The smallest absolute Gasteiger partial charge is 0.198 e. The van der Waals surface area contributed by atoms with E-state index in [1.165, 1.54) is 6.07 Å². The van der Waals surface area contributed by atoms with Crippen molar-refractivity contribution >= 4 is 22.5 Å². The lowest BCUT2D eigenvalue weighted by atomic mass is 9.84. The van der Waals surface area contributed by atoms with E-state index in [2.05, 4.69) is 0 Å². The Kier molecular flexibility index (Phi) is 4.18. The fourth-order valence-corrected chi connectivity index (χ4v) is 3.03. The second-order valence-corrected chi connectivity index (χ2v) is 5.84. The van der Waals surface area contributed by atoms with Crippen LogP contribution in [0.4, 0.5) is 0 Å². The van der Waals surface area contributed by atoms with Gasteiger partial charge in [0, 0.05) is 24.8 Å². The molecule has 4 nitrogen and oxygen atoms in total. The van der Waals surface area contributed by atoms with E-state index in [4.69, 9.17) is 4.42 Å². The van der Waals surface area contributed by atoms with Crippen LogP contribution >= 0.6 is 0 Å². The summed E-state index contributed by atoms with van der Waals surface area (Å²) in [6, 6.07) is 8.14. The average molecular weight is 298 g/mol. The molecule has 0 saturated heterocycles. The molecule has 0 spiro atoms. The zero-order valence-electron chi connectivity index (χ0n) is 12.3. The lowest BCUT2D eigenvalue weighted by molar-refractivity contribution is -0.124. The minimum absolute atomic E-state index is 0.00937. The number of benzene rings is 1. The second-order valence-electron chi connectivity index (χ2n) is 5.84. The fraction of sp³-hybridized carbons (Fsp3) is 0.389. The summed E-state index contributed by atoms with van der Waals surface area (Å²) in [7, 11) is 0. The third kappa shape index (κ3) is 3.01. The van der Waals surface area contributed by atoms with Crippen LogP contribution < -0.4 is 5.43 Å². The van der Waals surface area contributed by atoms with Crippen LogP contribution in [0.25, 0.3) is 11.0 Å². The molecule has 0 radical (unpaired) electrons. The minimum Gasteiger partial charge on any atom is -0.453 e. The molecule has 1 aromatic heterocycles. The van der Waals surface area contributed by atoms with Crippen molar-refractivity contribution in [2.45, 2.75) is 38.5 Å². The van der Waals surface area contributed by atoms with Gasteiger partial charge in [-0.2, -0.15) is 0 Å². The molecule has 1 aliphatic carbocycles. The molecule has 22 heavy (non-hydrogen) atoms. The molecular weight excluding hydrogens is 280 g/mol. The maximum absolute atomic E-state index is 12.2. The zero-order chi connectivity index (χ0) is 15.5. The lowest BCUT2D eigenvalue weighted by Gasteiger charge is -2.19. The summed E-state index contributed by atoms with van der Waals surface area (Å²) in [4.78, 5) is 36.0. The van der Waals surface area contributed by atoms with Crippen molar-refractivity contribution in [2.24, 2.45) is 5.92 Å². The largest absolute Gasteiger partial charge is 0.453 e. The van der Waals surface area contributed by atoms with Crippen LogP contribution in [0.15, 0.2) is 39.5 Å². The third-order valence-corrected chi connectivity index (χ3v) is 4.31. The molecule has 1 fully saturated rings.